The van der Waals surface area contributed by atoms with E-state index in [0.29, 0.717) is 12.1 Å². The molecule has 1 aliphatic carbocycles. The average molecular weight is 216 g/mol. The van der Waals surface area contributed by atoms with Crippen molar-refractivity contribution in [2.45, 2.75) is 43.9 Å². The maximum atomic E-state index is 10.6. The summed E-state index contributed by atoms with van der Waals surface area (Å²) in [6.07, 6.45) is 3.38. The van der Waals surface area contributed by atoms with E-state index in [1.807, 2.05) is 0 Å². The largest absolute Gasteiger partial charge is 0.382 e. The van der Waals surface area contributed by atoms with E-state index in [2.05, 4.69) is 5.32 Å². The second kappa shape index (κ2) is 6.05. The van der Waals surface area contributed by atoms with Gasteiger partial charge in [-0.25, -0.2) is 0 Å². The second-order valence-corrected chi connectivity index (χ2v) is 4.04. The zero-order valence-electron chi connectivity index (χ0n) is 9.11. The maximum Gasteiger partial charge on any atom is 0.247 e. The van der Waals surface area contributed by atoms with Gasteiger partial charge in [-0.3, -0.25) is 4.79 Å². The smallest absolute Gasteiger partial charge is 0.247 e. The molecular weight excluding hydrogens is 196 g/mol. The molecule has 1 rings (SSSR count). The van der Waals surface area contributed by atoms with Gasteiger partial charge < -0.3 is 20.9 Å². The van der Waals surface area contributed by atoms with Crippen molar-refractivity contribution in [2.24, 2.45) is 5.73 Å². The van der Waals surface area contributed by atoms with E-state index in [1.54, 1.807) is 7.11 Å². The van der Waals surface area contributed by atoms with Crippen LogP contribution in [0.15, 0.2) is 0 Å². The van der Waals surface area contributed by atoms with Crippen molar-refractivity contribution >= 4 is 5.91 Å². The van der Waals surface area contributed by atoms with Crippen LogP contribution < -0.4 is 11.1 Å². The molecule has 0 aromatic carbocycles. The minimum Gasteiger partial charge on any atom is -0.382 e. The van der Waals surface area contributed by atoms with Crippen molar-refractivity contribution < 1.29 is 14.6 Å². The fourth-order valence-corrected chi connectivity index (χ4v) is 1.88. The molecule has 0 bridgehead atoms. The highest BCUT2D eigenvalue weighted by molar-refractivity contribution is 5.78. The lowest BCUT2D eigenvalue weighted by molar-refractivity contribution is -0.125. The van der Waals surface area contributed by atoms with Crippen molar-refractivity contribution in [3.05, 3.63) is 0 Å². The molecule has 4 N–H and O–H groups in total. The number of aliphatic hydroxyl groups is 1. The molecule has 5 heteroatoms. The summed E-state index contributed by atoms with van der Waals surface area (Å²) >= 11 is 0. The van der Waals surface area contributed by atoms with Gasteiger partial charge >= 0.3 is 0 Å². The van der Waals surface area contributed by atoms with E-state index in [-0.39, 0.29) is 6.54 Å². The molecule has 1 aliphatic rings. The van der Waals surface area contributed by atoms with Crippen LogP contribution in [-0.2, 0) is 9.53 Å². The molecular formula is C10H20N2O3. The first kappa shape index (κ1) is 12.4. The van der Waals surface area contributed by atoms with E-state index >= 15 is 0 Å². The van der Waals surface area contributed by atoms with Gasteiger partial charge in [0, 0.05) is 19.7 Å². The standard InChI is InChI=1S/C10H20N2O3/c1-15-8-4-2-7(3-5-8)12-6-9(13)10(11)14/h7-9,12-13H,2-6H2,1H3,(H2,11,14). The Balaban J connectivity index is 2.16. The molecule has 88 valence electrons. The zero-order chi connectivity index (χ0) is 11.3. The molecule has 0 saturated heterocycles. The number of carbonyl (C=O) groups is 1. The minimum absolute atomic E-state index is 0.248. The lowest BCUT2D eigenvalue weighted by Gasteiger charge is -2.28. The summed E-state index contributed by atoms with van der Waals surface area (Å²) in [5.74, 6) is -0.673. The lowest BCUT2D eigenvalue weighted by atomic mass is 9.93. The SMILES string of the molecule is COC1CCC(NCC(O)C(N)=O)CC1. The molecule has 1 atom stereocenters. The van der Waals surface area contributed by atoms with Gasteiger partial charge in [0.25, 0.3) is 0 Å². The number of hydrogen-bond acceptors (Lipinski definition) is 4. The Morgan fingerprint density at radius 3 is 2.60 bits per heavy atom. The highest BCUT2D eigenvalue weighted by atomic mass is 16.5. The van der Waals surface area contributed by atoms with Gasteiger partial charge in [0.05, 0.1) is 6.10 Å². The Kier molecular flexibility index (Phi) is 5.01. The van der Waals surface area contributed by atoms with E-state index in [0.717, 1.165) is 25.7 Å². The number of methoxy groups -OCH3 is 1. The molecule has 0 radical (unpaired) electrons. The van der Waals surface area contributed by atoms with Crippen molar-refractivity contribution in [3.8, 4) is 0 Å². The molecule has 0 aromatic heterocycles. The monoisotopic (exact) mass is 216 g/mol. The Morgan fingerprint density at radius 1 is 1.53 bits per heavy atom. The third-order valence-corrected chi connectivity index (χ3v) is 2.94. The van der Waals surface area contributed by atoms with Crippen LogP contribution in [-0.4, -0.2) is 42.9 Å². The predicted molar refractivity (Wildman–Crippen MR) is 56.3 cm³/mol. The van der Waals surface area contributed by atoms with Gasteiger partial charge in [-0.05, 0) is 25.7 Å². The third kappa shape index (κ3) is 4.15. The molecule has 0 aliphatic heterocycles. The predicted octanol–water partition coefficient (Wildman–Crippen LogP) is -0.620. The van der Waals surface area contributed by atoms with Gasteiger partial charge in [0.1, 0.15) is 6.10 Å². The number of carbonyl (C=O) groups excluding carboxylic acids is 1. The van der Waals surface area contributed by atoms with Gasteiger partial charge in [-0.15, -0.1) is 0 Å². The van der Waals surface area contributed by atoms with Crippen LogP contribution in [0.1, 0.15) is 25.7 Å². The van der Waals surface area contributed by atoms with Crippen LogP contribution in [0.4, 0.5) is 0 Å². The first-order valence-corrected chi connectivity index (χ1v) is 5.37. The highest BCUT2D eigenvalue weighted by Crippen LogP contribution is 2.20. The summed E-state index contributed by atoms with van der Waals surface area (Å²) < 4.78 is 5.25. The molecule has 1 amide bonds. The number of aliphatic hydroxyl groups excluding tert-OH is 1. The van der Waals surface area contributed by atoms with E-state index < -0.39 is 12.0 Å². The number of rotatable bonds is 5. The number of nitrogens with one attached hydrogen (secondary N) is 1. The molecule has 1 unspecified atom stereocenters. The summed E-state index contributed by atoms with van der Waals surface area (Å²) in [7, 11) is 1.73. The fourth-order valence-electron chi connectivity index (χ4n) is 1.88. The average Bonchev–Trinajstić information content (AvgIpc) is 2.26. The Hall–Kier alpha value is -0.650. The summed E-state index contributed by atoms with van der Waals surface area (Å²) in [4.78, 5) is 10.6. The van der Waals surface area contributed by atoms with Crippen LogP contribution in [0.5, 0.6) is 0 Å². The third-order valence-electron chi connectivity index (χ3n) is 2.94. The molecule has 0 heterocycles. The molecule has 0 spiro atoms. The van der Waals surface area contributed by atoms with Gasteiger partial charge in [-0.2, -0.15) is 0 Å². The molecule has 1 saturated carbocycles. The molecule has 0 aromatic rings. The van der Waals surface area contributed by atoms with E-state index in [9.17, 15) is 9.90 Å². The van der Waals surface area contributed by atoms with Crippen LogP contribution in [0.2, 0.25) is 0 Å². The van der Waals surface area contributed by atoms with Crippen LogP contribution in [0.25, 0.3) is 0 Å². The van der Waals surface area contributed by atoms with Gasteiger partial charge in [0.15, 0.2) is 0 Å². The number of primary amides is 1. The molecule has 1 fully saturated rings. The van der Waals surface area contributed by atoms with Gasteiger partial charge in [-0.1, -0.05) is 0 Å². The normalized spacial score (nSPS) is 28.7. The zero-order valence-corrected chi connectivity index (χ0v) is 9.11. The Morgan fingerprint density at radius 2 is 2.13 bits per heavy atom. The number of hydrogen-bond donors (Lipinski definition) is 3. The number of amides is 1. The maximum absolute atomic E-state index is 10.6. The van der Waals surface area contributed by atoms with Crippen molar-refractivity contribution in [3.63, 3.8) is 0 Å². The fraction of sp³-hybridized carbons (Fsp3) is 0.900. The van der Waals surface area contributed by atoms with Crippen LogP contribution in [0.3, 0.4) is 0 Å². The Bertz CT molecular complexity index is 203. The highest BCUT2D eigenvalue weighted by Gasteiger charge is 2.21. The molecule has 5 nitrogen and oxygen atoms in total. The van der Waals surface area contributed by atoms with E-state index in [1.165, 1.54) is 0 Å². The summed E-state index contributed by atoms with van der Waals surface area (Å²) in [5.41, 5.74) is 4.95. The first-order valence-electron chi connectivity index (χ1n) is 5.37. The number of nitrogens with two attached hydrogens (primary N) is 1. The van der Waals surface area contributed by atoms with E-state index in [4.69, 9.17) is 10.5 Å². The lowest BCUT2D eigenvalue weighted by Crippen LogP contribution is -2.43. The van der Waals surface area contributed by atoms with Crippen LogP contribution in [0, 0.1) is 0 Å². The first-order chi connectivity index (χ1) is 7.13. The van der Waals surface area contributed by atoms with Crippen LogP contribution >= 0.6 is 0 Å². The summed E-state index contributed by atoms with van der Waals surface area (Å²) in [6.45, 7) is 0.248. The minimum atomic E-state index is -1.08. The topological polar surface area (TPSA) is 84.6 Å². The quantitative estimate of drug-likeness (QED) is 0.572. The second-order valence-electron chi connectivity index (χ2n) is 4.04. The molecule has 15 heavy (non-hydrogen) atoms. The van der Waals surface area contributed by atoms with Crippen molar-refractivity contribution in [1.82, 2.24) is 5.32 Å². The van der Waals surface area contributed by atoms with Gasteiger partial charge in [0.2, 0.25) is 5.91 Å². The van der Waals surface area contributed by atoms with Crippen molar-refractivity contribution in [2.75, 3.05) is 13.7 Å². The summed E-state index contributed by atoms with van der Waals surface area (Å²) in [6, 6.07) is 0.366. The Labute approximate surface area is 90.0 Å². The van der Waals surface area contributed by atoms with Crippen molar-refractivity contribution in [1.29, 1.82) is 0 Å². The summed E-state index contributed by atoms with van der Waals surface area (Å²) in [5, 5.41) is 12.3. The number of ether oxygens (including phenoxy) is 1.